The van der Waals surface area contributed by atoms with Gasteiger partial charge in [-0.2, -0.15) is 0 Å². The summed E-state index contributed by atoms with van der Waals surface area (Å²) in [4.78, 5) is 8.62. The van der Waals surface area contributed by atoms with Crippen molar-refractivity contribution in [2.75, 3.05) is 0 Å². The minimum atomic E-state index is 0.840. The van der Waals surface area contributed by atoms with Crippen LogP contribution in [0, 0.1) is 0 Å². The van der Waals surface area contributed by atoms with Gasteiger partial charge in [0.2, 0.25) is 0 Å². The summed E-state index contributed by atoms with van der Waals surface area (Å²) in [6.45, 7) is 0. The van der Waals surface area contributed by atoms with E-state index in [4.69, 9.17) is 8.83 Å². The van der Waals surface area contributed by atoms with Crippen molar-refractivity contribution in [3.05, 3.63) is 122 Å². The Morgan fingerprint density at radius 3 is 1.16 bits per heavy atom. The van der Waals surface area contributed by atoms with Gasteiger partial charge < -0.3 is 8.83 Å². The van der Waals surface area contributed by atoms with Gasteiger partial charge in [-0.25, -0.2) is 9.97 Å². The minimum Gasteiger partial charge on any atom is -0.451 e. The van der Waals surface area contributed by atoms with Crippen molar-refractivity contribution in [2.45, 2.75) is 0 Å². The van der Waals surface area contributed by atoms with Crippen LogP contribution in [0.1, 0.15) is 0 Å². The van der Waals surface area contributed by atoms with Crippen molar-refractivity contribution < 1.29 is 8.83 Å². The summed E-state index contributed by atoms with van der Waals surface area (Å²) in [5.41, 5.74) is 8.45. The molecule has 0 amide bonds. The first kappa shape index (κ1) is 20.9. The Morgan fingerprint density at radius 2 is 0.789 bits per heavy atom. The van der Waals surface area contributed by atoms with Gasteiger partial charge in [-0.05, 0) is 91.0 Å². The van der Waals surface area contributed by atoms with E-state index in [1.165, 1.54) is 56.2 Å². The van der Waals surface area contributed by atoms with E-state index in [2.05, 4.69) is 107 Å². The number of nitrogens with zero attached hydrogens (tertiary/aromatic N) is 2. The molecule has 6 aromatic carbocycles. The topological polar surface area (TPSA) is 52.1 Å². The number of hydrogen-bond acceptors (Lipinski definition) is 4. The van der Waals surface area contributed by atoms with E-state index in [0.717, 1.165) is 33.6 Å². The van der Waals surface area contributed by atoms with Gasteiger partial charge in [0.25, 0.3) is 0 Å². The molecule has 0 saturated carbocycles. The third-order valence-corrected chi connectivity index (χ3v) is 7.38. The highest BCUT2D eigenvalue weighted by Crippen LogP contribution is 2.40. The zero-order chi connectivity index (χ0) is 25.1. The summed E-state index contributed by atoms with van der Waals surface area (Å²) in [7, 11) is 0. The van der Waals surface area contributed by atoms with Gasteiger partial charge >= 0.3 is 0 Å². The van der Waals surface area contributed by atoms with Crippen molar-refractivity contribution in [1.82, 2.24) is 9.97 Å². The van der Waals surface area contributed by atoms with Crippen molar-refractivity contribution in [3.8, 4) is 44.8 Å². The first-order chi connectivity index (χ1) is 18.8. The fourth-order valence-corrected chi connectivity index (χ4v) is 5.60. The molecule has 8 rings (SSSR count). The Morgan fingerprint density at radius 1 is 0.395 bits per heavy atom. The maximum Gasteiger partial charge on any atom is 0.181 e. The highest BCUT2D eigenvalue weighted by Gasteiger charge is 2.13. The van der Waals surface area contributed by atoms with Crippen LogP contribution < -0.4 is 0 Å². The van der Waals surface area contributed by atoms with Crippen molar-refractivity contribution in [1.29, 1.82) is 0 Å². The van der Waals surface area contributed by atoms with E-state index >= 15 is 0 Å². The van der Waals surface area contributed by atoms with E-state index in [1.807, 2.05) is 0 Å². The molecule has 4 nitrogen and oxygen atoms in total. The highest BCUT2D eigenvalue weighted by atomic mass is 16.3. The van der Waals surface area contributed by atoms with E-state index in [1.54, 1.807) is 12.5 Å². The van der Waals surface area contributed by atoms with Crippen LogP contribution in [-0.4, -0.2) is 9.97 Å². The second-order valence-electron chi connectivity index (χ2n) is 9.64. The minimum absolute atomic E-state index is 0.840. The van der Waals surface area contributed by atoms with Crippen molar-refractivity contribution in [3.63, 3.8) is 0 Å². The molecular weight excluding hydrogens is 468 g/mol. The van der Waals surface area contributed by atoms with Crippen LogP contribution in [0.2, 0.25) is 0 Å². The van der Waals surface area contributed by atoms with Crippen LogP contribution in [0.25, 0.3) is 77.1 Å². The SMILES string of the molecule is c1cc(-c2cc3ccc4cc(-c5cccc(-c6cocn6)c5)cc5ccc(c2)c3c45)cc(-c2cocn2)c1. The molecule has 0 aliphatic heterocycles. The van der Waals surface area contributed by atoms with Crippen LogP contribution in [0.4, 0.5) is 0 Å². The summed E-state index contributed by atoms with van der Waals surface area (Å²) < 4.78 is 10.4. The molecule has 0 radical (unpaired) electrons. The molecule has 0 aliphatic carbocycles. The summed E-state index contributed by atoms with van der Waals surface area (Å²) >= 11 is 0. The van der Waals surface area contributed by atoms with Gasteiger partial charge in [0.1, 0.15) is 23.9 Å². The van der Waals surface area contributed by atoms with Gasteiger partial charge in [-0.3, -0.25) is 0 Å². The fraction of sp³-hybridized carbons (Fsp3) is 0. The molecule has 0 spiro atoms. The first-order valence-electron chi connectivity index (χ1n) is 12.5. The standard InChI is InChI=1S/C34H20N2O2/c1-3-21(11-23(5-1)31-17-37-19-35-31)29-13-25-7-9-27-15-30(16-28-10-8-26(14-29)33(25)34(27)28)22-4-2-6-24(12-22)32-18-38-20-36-32/h1-20H. The van der Waals surface area contributed by atoms with Gasteiger partial charge in [0, 0.05) is 11.1 Å². The molecule has 38 heavy (non-hydrogen) atoms. The molecule has 0 N–H and O–H groups in total. The number of hydrogen-bond donors (Lipinski definition) is 0. The second-order valence-corrected chi connectivity index (χ2v) is 9.64. The smallest absolute Gasteiger partial charge is 0.181 e. The third-order valence-electron chi connectivity index (χ3n) is 7.38. The Kier molecular flexibility index (Phi) is 4.49. The Labute approximate surface area is 218 Å². The monoisotopic (exact) mass is 488 g/mol. The van der Waals surface area contributed by atoms with Gasteiger partial charge in [0.05, 0.1) is 0 Å². The Balaban J connectivity index is 1.27. The van der Waals surface area contributed by atoms with Gasteiger partial charge in [-0.15, -0.1) is 0 Å². The molecular formula is C34H20N2O2. The van der Waals surface area contributed by atoms with Gasteiger partial charge in [-0.1, -0.05) is 60.7 Å². The predicted molar refractivity (Wildman–Crippen MR) is 152 cm³/mol. The van der Waals surface area contributed by atoms with E-state index in [-0.39, 0.29) is 0 Å². The predicted octanol–water partition coefficient (Wildman–Crippen LogP) is 9.23. The normalized spacial score (nSPS) is 11.7. The molecule has 0 saturated heterocycles. The van der Waals surface area contributed by atoms with Gasteiger partial charge in [0.15, 0.2) is 12.8 Å². The molecule has 2 heterocycles. The second kappa shape index (κ2) is 8.15. The molecule has 4 heteroatoms. The summed E-state index contributed by atoms with van der Waals surface area (Å²) in [5, 5.41) is 7.57. The summed E-state index contributed by atoms with van der Waals surface area (Å²) in [5.74, 6) is 0. The van der Waals surface area contributed by atoms with Crippen LogP contribution in [0.15, 0.2) is 131 Å². The zero-order valence-electron chi connectivity index (χ0n) is 20.3. The van der Waals surface area contributed by atoms with Crippen LogP contribution >= 0.6 is 0 Å². The number of aromatic nitrogens is 2. The lowest BCUT2D eigenvalue weighted by molar-refractivity contribution is 0.558. The third kappa shape index (κ3) is 3.31. The molecule has 8 aromatic rings. The van der Waals surface area contributed by atoms with Crippen molar-refractivity contribution >= 4 is 32.3 Å². The fourth-order valence-electron chi connectivity index (χ4n) is 5.60. The largest absolute Gasteiger partial charge is 0.451 e. The molecule has 0 fully saturated rings. The summed E-state index contributed by atoms with van der Waals surface area (Å²) in [6, 6.07) is 35.0. The average molecular weight is 489 g/mol. The number of benzene rings is 6. The maximum absolute atomic E-state index is 5.19. The molecule has 178 valence electrons. The van der Waals surface area contributed by atoms with E-state index < -0.39 is 0 Å². The molecule has 0 bridgehead atoms. The summed E-state index contributed by atoms with van der Waals surface area (Å²) in [6.07, 6.45) is 6.29. The number of rotatable bonds is 4. The lowest BCUT2D eigenvalue weighted by Crippen LogP contribution is -1.88. The average Bonchev–Trinajstić information content (AvgIpc) is 3.71. The first-order valence-corrected chi connectivity index (χ1v) is 12.5. The lowest BCUT2D eigenvalue weighted by atomic mass is 9.89. The van der Waals surface area contributed by atoms with E-state index in [0.29, 0.717) is 0 Å². The highest BCUT2D eigenvalue weighted by molar-refractivity contribution is 6.24. The molecule has 0 aliphatic rings. The zero-order valence-corrected chi connectivity index (χ0v) is 20.3. The van der Waals surface area contributed by atoms with Crippen molar-refractivity contribution in [2.24, 2.45) is 0 Å². The van der Waals surface area contributed by atoms with Crippen LogP contribution in [0.3, 0.4) is 0 Å². The number of oxazole rings is 2. The Bertz CT molecular complexity index is 1860. The molecule has 0 atom stereocenters. The maximum atomic E-state index is 5.19. The van der Waals surface area contributed by atoms with E-state index in [9.17, 15) is 0 Å². The van der Waals surface area contributed by atoms with Crippen LogP contribution in [-0.2, 0) is 0 Å². The quantitative estimate of drug-likeness (QED) is 0.232. The van der Waals surface area contributed by atoms with Crippen LogP contribution in [0.5, 0.6) is 0 Å². The lowest BCUT2D eigenvalue weighted by Gasteiger charge is -2.15. The molecule has 2 aromatic heterocycles. The Hall–Kier alpha value is -5.22. The molecule has 0 unspecified atom stereocenters.